The Hall–Kier alpha value is -0.200. The lowest BCUT2D eigenvalue weighted by Crippen LogP contribution is -2.49. The van der Waals surface area contributed by atoms with Gasteiger partial charge in [0.05, 0.1) is 0 Å². The Bertz CT molecular complexity index is 26.7. The summed E-state index contributed by atoms with van der Waals surface area (Å²) >= 11 is 0. The highest BCUT2D eigenvalue weighted by Crippen LogP contribution is 1.48. The molecule has 6 heavy (non-hydrogen) atoms. The molecule has 0 bridgehead atoms. The third-order valence-electron chi connectivity index (χ3n) is 0.316. The smallest absolute Gasteiger partial charge is 0.185 e. The van der Waals surface area contributed by atoms with Crippen molar-refractivity contribution in [3.8, 4) is 0 Å². The second-order valence-electron chi connectivity index (χ2n) is 0.736. The SMILES string of the molecule is NNC(O)NN. The summed E-state index contributed by atoms with van der Waals surface area (Å²) in [6.07, 6.45) is -1.01. The van der Waals surface area contributed by atoms with Gasteiger partial charge in [0, 0.05) is 0 Å². The van der Waals surface area contributed by atoms with Crippen molar-refractivity contribution in [1.82, 2.24) is 10.9 Å². The average Bonchev–Trinajstić information content (AvgIpc) is 1.65. The summed E-state index contributed by atoms with van der Waals surface area (Å²) < 4.78 is 0. The lowest BCUT2D eigenvalue weighted by atomic mass is 11.0. The molecule has 0 fully saturated rings. The molecule has 0 aliphatic heterocycles. The van der Waals surface area contributed by atoms with Gasteiger partial charge < -0.3 is 5.11 Å². The van der Waals surface area contributed by atoms with Crippen LogP contribution >= 0.6 is 0 Å². The molecular formula is CH8N4O. The van der Waals surface area contributed by atoms with Crippen LogP contribution in [0.4, 0.5) is 0 Å². The summed E-state index contributed by atoms with van der Waals surface area (Å²) in [5, 5.41) is 8.19. The number of hydrogen-bond donors (Lipinski definition) is 5. The molecule has 0 spiro atoms. The van der Waals surface area contributed by atoms with Gasteiger partial charge in [-0.05, 0) is 0 Å². The van der Waals surface area contributed by atoms with Crippen molar-refractivity contribution in [3.05, 3.63) is 0 Å². The van der Waals surface area contributed by atoms with E-state index < -0.39 is 6.35 Å². The van der Waals surface area contributed by atoms with E-state index in [1.165, 1.54) is 0 Å². The maximum Gasteiger partial charge on any atom is 0.185 e. The fourth-order valence-electron chi connectivity index (χ4n) is 0.0481. The Balaban J connectivity index is 2.75. The van der Waals surface area contributed by atoms with Crippen molar-refractivity contribution in [2.75, 3.05) is 0 Å². The molecule has 0 rings (SSSR count). The van der Waals surface area contributed by atoms with Crippen LogP contribution in [0.1, 0.15) is 0 Å². The van der Waals surface area contributed by atoms with Crippen molar-refractivity contribution >= 4 is 0 Å². The van der Waals surface area contributed by atoms with Crippen molar-refractivity contribution < 1.29 is 5.11 Å². The second kappa shape index (κ2) is 3.01. The molecule has 0 aliphatic rings. The van der Waals surface area contributed by atoms with Crippen LogP contribution in [0.15, 0.2) is 0 Å². The Labute approximate surface area is 35.3 Å². The van der Waals surface area contributed by atoms with Crippen molar-refractivity contribution in [1.29, 1.82) is 0 Å². The molecule has 5 nitrogen and oxygen atoms in total. The molecule has 0 aromatic heterocycles. The van der Waals surface area contributed by atoms with Gasteiger partial charge in [0.25, 0.3) is 0 Å². The average molecular weight is 92.1 g/mol. The fourth-order valence-corrected chi connectivity index (χ4v) is 0.0481. The molecule has 5 heteroatoms. The predicted molar refractivity (Wildman–Crippen MR) is 20.7 cm³/mol. The molecule has 0 saturated carbocycles. The van der Waals surface area contributed by atoms with E-state index in [1.807, 2.05) is 10.9 Å². The van der Waals surface area contributed by atoms with Gasteiger partial charge in [0.1, 0.15) is 0 Å². The molecule has 0 aromatic carbocycles. The van der Waals surface area contributed by atoms with Crippen LogP contribution in [0.25, 0.3) is 0 Å². The zero-order valence-corrected chi connectivity index (χ0v) is 3.18. The summed E-state index contributed by atoms with van der Waals surface area (Å²) in [6.45, 7) is 0. The van der Waals surface area contributed by atoms with Crippen LogP contribution in [0.3, 0.4) is 0 Å². The van der Waals surface area contributed by atoms with E-state index in [2.05, 4.69) is 11.7 Å². The van der Waals surface area contributed by atoms with Gasteiger partial charge in [-0.15, -0.1) is 0 Å². The molecule has 38 valence electrons. The van der Waals surface area contributed by atoms with Crippen LogP contribution < -0.4 is 22.5 Å². The van der Waals surface area contributed by atoms with Gasteiger partial charge in [-0.3, -0.25) is 11.7 Å². The number of hydrogen-bond acceptors (Lipinski definition) is 5. The minimum Gasteiger partial charge on any atom is -0.364 e. The minimum atomic E-state index is -1.01. The first-order chi connectivity index (χ1) is 2.81. The van der Waals surface area contributed by atoms with E-state index in [9.17, 15) is 0 Å². The van der Waals surface area contributed by atoms with E-state index in [0.717, 1.165) is 0 Å². The standard InChI is InChI=1S/CH8N4O/c2-4-1(6)5-3/h1,4-6H,2-3H2. The minimum absolute atomic E-state index is 1.01. The predicted octanol–water partition coefficient (Wildman–Crippen LogP) is -2.81. The number of rotatable bonds is 2. The third kappa shape index (κ3) is 2.06. The molecule has 0 unspecified atom stereocenters. The fraction of sp³-hybridized carbons (Fsp3) is 1.00. The van der Waals surface area contributed by atoms with Gasteiger partial charge in [0.15, 0.2) is 6.35 Å². The summed E-state index contributed by atoms with van der Waals surface area (Å²) in [5.74, 6) is 9.28. The molecular weight excluding hydrogens is 84.0 g/mol. The Kier molecular flexibility index (Phi) is 2.91. The quantitative estimate of drug-likeness (QED) is 0.144. The van der Waals surface area contributed by atoms with Gasteiger partial charge in [-0.25, -0.2) is 10.9 Å². The summed E-state index contributed by atoms with van der Waals surface area (Å²) in [5.41, 5.74) is 3.87. The number of nitrogens with two attached hydrogens (primary N) is 2. The molecule has 0 heterocycles. The number of aliphatic hydroxyl groups is 1. The molecule has 0 aromatic rings. The van der Waals surface area contributed by atoms with E-state index in [4.69, 9.17) is 5.11 Å². The normalized spacial score (nSPS) is 10.0. The van der Waals surface area contributed by atoms with E-state index in [-0.39, 0.29) is 0 Å². The zero-order valence-electron chi connectivity index (χ0n) is 3.18. The van der Waals surface area contributed by atoms with Crippen LogP contribution in [-0.2, 0) is 0 Å². The topological polar surface area (TPSA) is 96.3 Å². The Morgan fingerprint density at radius 1 is 1.33 bits per heavy atom. The monoisotopic (exact) mass is 92.1 g/mol. The lowest BCUT2D eigenvalue weighted by Gasteiger charge is -2.03. The second-order valence-corrected chi connectivity index (χ2v) is 0.736. The molecule has 0 aliphatic carbocycles. The van der Waals surface area contributed by atoms with Crippen LogP contribution in [0.5, 0.6) is 0 Å². The molecule has 7 N–H and O–H groups in total. The van der Waals surface area contributed by atoms with E-state index in [0.29, 0.717) is 0 Å². The van der Waals surface area contributed by atoms with Gasteiger partial charge >= 0.3 is 0 Å². The number of nitrogens with one attached hydrogen (secondary N) is 2. The zero-order chi connectivity index (χ0) is 4.99. The van der Waals surface area contributed by atoms with Gasteiger partial charge in [-0.2, -0.15) is 0 Å². The molecule has 0 atom stereocenters. The third-order valence-corrected chi connectivity index (χ3v) is 0.316. The maximum absolute atomic E-state index is 8.19. The summed E-state index contributed by atoms with van der Waals surface area (Å²) in [7, 11) is 0. The Morgan fingerprint density at radius 3 is 1.67 bits per heavy atom. The molecule has 0 radical (unpaired) electrons. The highest BCUT2D eigenvalue weighted by molar-refractivity contribution is 4.27. The molecule has 0 amide bonds. The first-order valence-electron chi connectivity index (χ1n) is 1.41. The van der Waals surface area contributed by atoms with Crippen LogP contribution in [0, 0.1) is 0 Å². The van der Waals surface area contributed by atoms with Crippen molar-refractivity contribution in [2.45, 2.75) is 6.35 Å². The highest BCUT2D eigenvalue weighted by atomic mass is 16.3. The lowest BCUT2D eigenvalue weighted by molar-refractivity contribution is 0.103. The summed E-state index contributed by atoms with van der Waals surface area (Å²) in [4.78, 5) is 0. The van der Waals surface area contributed by atoms with Crippen LogP contribution in [-0.4, -0.2) is 11.5 Å². The van der Waals surface area contributed by atoms with Crippen molar-refractivity contribution in [2.24, 2.45) is 11.7 Å². The first kappa shape index (κ1) is 5.80. The van der Waals surface area contributed by atoms with Crippen molar-refractivity contribution in [3.63, 3.8) is 0 Å². The highest BCUT2D eigenvalue weighted by Gasteiger charge is 1.87. The number of aliphatic hydroxyl groups excluding tert-OH is 1. The molecule has 0 saturated heterocycles. The summed E-state index contributed by atoms with van der Waals surface area (Å²) in [6, 6.07) is 0. The largest absolute Gasteiger partial charge is 0.364 e. The van der Waals surface area contributed by atoms with E-state index >= 15 is 0 Å². The van der Waals surface area contributed by atoms with Gasteiger partial charge in [0.2, 0.25) is 0 Å². The van der Waals surface area contributed by atoms with Gasteiger partial charge in [-0.1, -0.05) is 0 Å². The van der Waals surface area contributed by atoms with Crippen LogP contribution in [0.2, 0.25) is 0 Å². The van der Waals surface area contributed by atoms with E-state index in [1.54, 1.807) is 0 Å². The number of hydrazine groups is 2. The Morgan fingerprint density at radius 2 is 1.67 bits per heavy atom. The first-order valence-corrected chi connectivity index (χ1v) is 1.41. The maximum atomic E-state index is 8.19.